The number of nitrogens with zero attached hydrogens (tertiary/aromatic N) is 1. The summed E-state index contributed by atoms with van der Waals surface area (Å²) < 4.78 is 43.2. The molecule has 0 bridgehead atoms. The van der Waals surface area contributed by atoms with E-state index in [0.29, 0.717) is 5.69 Å². The van der Waals surface area contributed by atoms with Crippen molar-refractivity contribution in [3.05, 3.63) is 47.5 Å². The molecule has 0 fully saturated rings. The molecule has 0 aromatic heterocycles. The van der Waals surface area contributed by atoms with Gasteiger partial charge < -0.3 is 14.2 Å². The number of halogens is 1. The molecule has 0 saturated carbocycles. The van der Waals surface area contributed by atoms with Gasteiger partial charge in [0.15, 0.2) is 0 Å². The van der Waals surface area contributed by atoms with Crippen LogP contribution in [-0.2, 0) is 19.6 Å². The molecule has 1 heterocycles. The van der Waals surface area contributed by atoms with Gasteiger partial charge in [0.25, 0.3) is 10.0 Å². The summed E-state index contributed by atoms with van der Waals surface area (Å²) in [5.74, 6) is -0.260. The Bertz CT molecular complexity index is 946. The highest BCUT2D eigenvalue weighted by Gasteiger charge is 2.39. The second-order valence-corrected chi connectivity index (χ2v) is 7.70. The van der Waals surface area contributed by atoms with Gasteiger partial charge in [0.2, 0.25) is 6.10 Å². The van der Waals surface area contributed by atoms with Gasteiger partial charge in [-0.25, -0.2) is 13.2 Å². The molecular formula is C17H16ClNO6S. The average Bonchev–Trinajstić information content (AvgIpc) is 2.66. The smallest absolute Gasteiger partial charge is 0.348 e. The monoisotopic (exact) mass is 397 g/mol. The Morgan fingerprint density at radius 3 is 2.65 bits per heavy atom. The standard InChI is InChI=1S/C17H16ClNO6S/c1-23-14-8-7-11(18)9-16(14)26(21,22)19-10-15(17(20)24-2)25-13-6-4-3-5-12(13)19/h3-9,15H,10H2,1-2H3/t15-/m0/s1. The maximum atomic E-state index is 13.3. The van der Waals surface area contributed by atoms with Crippen molar-refractivity contribution >= 4 is 33.3 Å². The second kappa shape index (κ2) is 7.05. The number of anilines is 1. The van der Waals surface area contributed by atoms with E-state index in [4.69, 9.17) is 25.8 Å². The van der Waals surface area contributed by atoms with Gasteiger partial charge >= 0.3 is 5.97 Å². The first-order chi connectivity index (χ1) is 12.4. The van der Waals surface area contributed by atoms with Crippen LogP contribution in [-0.4, -0.2) is 41.3 Å². The van der Waals surface area contributed by atoms with E-state index in [1.165, 1.54) is 32.4 Å². The third-order valence-corrected chi connectivity index (χ3v) is 5.93. The van der Waals surface area contributed by atoms with Gasteiger partial charge in [-0.3, -0.25) is 4.31 Å². The maximum absolute atomic E-state index is 13.3. The SMILES string of the molecule is COC(=O)[C@@H]1CN(S(=O)(=O)c2cc(Cl)ccc2OC)c2ccccc2O1. The van der Waals surface area contributed by atoms with Crippen LogP contribution in [0.5, 0.6) is 11.5 Å². The van der Waals surface area contributed by atoms with Crippen LogP contribution < -0.4 is 13.8 Å². The van der Waals surface area contributed by atoms with Gasteiger partial charge in [-0.2, -0.15) is 0 Å². The lowest BCUT2D eigenvalue weighted by molar-refractivity contribution is -0.148. The number of esters is 1. The summed E-state index contributed by atoms with van der Waals surface area (Å²) in [6.45, 7) is -0.234. The van der Waals surface area contributed by atoms with Crippen LogP contribution >= 0.6 is 11.6 Å². The number of methoxy groups -OCH3 is 2. The number of hydrogen-bond donors (Lipinski definition) is 0. The summed E-state index contributed by atoms with van der Waals surface area (Å²) >= 11 is 5.98. The fraction of sp³-hybridized carbons (Fsp3) is 0.235. The zero-order chi connectivity index (χ0) is 18.9. The van der Waals surface area contributed by atoms with E-state index in [0.717, 1.165) is 4.31 Å². The predicted octanol–water partition coefficient (Wildman–Crippen LogP) is 2.48. The fourth-order valence-electron chi connectivity index (χ4n) is 2.65. The van der Waals surface area contributed by atoms with Gasteiger partial charge in [0.05, 0.1) is 26.5 Å². The molecular weight excluding hydrogens is 382 g/mol. The van der Waals surface area contributed by atoms with Gasteiger partial charge in [0, 0.05) is 5.02 Å². The van der Waals surface area contributed by atoms with Crippen molar-refractivity contribution in [1.82, 2.24) is 0 Å². The minimum Gasteiger partial charge on any atom is -0.495 e. The van der Waals surface area contributed by atoms with E-state index < -0.39 is 22.1 Å². The van der Waals surface area contributed by atoms with E-state index >= 15 is 0 Å². The third kappa shape index (κ3) is 3.17. The quantitative estimate of drug-likeness (QED) is 0.737. The van der Waals surface area contributed by atoms with Crippen molar-refractivity contribution in [2.45, 2.75) is 11.0 Å². The third-order valence-electron chi connectivity index (χ3n) is 3.89. The fourth-order valence-corrected chi connectivity index (χ4v) is 4.55. The molecule has 0 N–H and O–H groups in total. The summed E-state index contributed by atoms with van der Waals surface area (Å²) in [5, 5.41) is 0.246. The van der Waals surface area contributed by atoms with Gasteiger partial charge in [-0.15, -0.1) is 0 Å². The Balaban J connectivity index is 2.14. The Kier molecular flexibility index (Phi) is 4.97. The topological polar surface area (TPSA) is 82.1 Å². The molecule has 0 aliphatic carbocycles. The van der Waals surface area contributed by atoms with Crippen molar-refractivity contribution in [1.29, 1.82) is 0 Å². The molecule has 0 unspecified atom stereocenters. The Labute approximate surface area is 156 Å². The summed E-state index contributed by atoms with van der Waals surface area (Å²) in [6.07, 6.45) is -1.09. The number of carbonyl (C=O) groups is 1. The molecule has 0 amide bonds. The molecule has 1 aliphatic heterocycles. The van der Waals surface area contributed by atoms with Crippen LogP contribution in [0.15, 0.2) is 47.4 Å². The minimum absolute atomic E-state index is 0.104. The molecule has 0 saturated heterocycles. The minimum atomic E-state index is -4.08. The number of benzene rings is 2. The maximum Gasteiger partial charge on any atom is 0.348 e. The van der Waals surface area contributed by atoms with Crippen LogP contribution in [0.3, 0.4) is 0 Å². The van der Waals surface area contributed by atoms with Crippen LogP contribution in [0.1, 0.15) is 0 Å². The molecule has 3 rings (SSSR count). The predicted molar refractivity (Wildman–Crippen MR) is 95.4 cm³/mol. The summed E-state index contributed by atoms with van der Waals surface area (Å²) in [5.41, 5.74) is 0.315. The Hall–Kier alpha value is -2.45. The van der Waals surface area contributed by atoms with Crippen LogP contribution in [0.25, 0.3) is 0 Å². The summed E-state index contributed by atoms with van der Waals surface area (Å²) in [6, 6.07) is 10.9. The number of sulfonamides is 1. The largest absolute Gasteiger partial charge is 0.495 e. The van der Waals surface area contributed by atoms with Crippen LogP contribution in [0.4, 0.5) is 5.69 Å². The second-order valence-electron chi connectivity index (χ2n) is 5.43. The van der Waals surface area contributed by atoms with Gasteiger partial charge in [-0.1, -0.05) is 23.7 Å². The molecule has 1 atom stereocenters. The number of rotatable bonds is 4. The first-order valence-corrected chi connectivity index (χ1v) is 9.40. The van der Waals surface area contributed by atoms with E-state index in [-0.39, 0.29) is 28.0 Å². The number of fused-ring (bicyclic) bond motifs is 1. The van der Waals surface area contributed by atoms with E-state index in [1.54, 1.807) is 24.3 Å². The van der Waals surface area contributed by atoms with Crippen molar-refractivity contribution in [2.24, 2.45) is 0 Å². The molecule has 0 spiro atoms. The lowest BCUT2D eigenvalue weighted by Crippen LogP contribution is -2.47. The number of hydrogen-bond acceptors (Lipinski definition) is 6. The highest BCUT2D eigenvalue weighted by molar-refractivity contribution is 7.93. The van der Waals surface area contributed by atoms with Crippen molar-refractivity contribution in [3.63, 3.8) is 0 Å². The van der Waals surface area contributed by atoms with E-state index in [1.807, 2.05) is 0 Å². The zero-order valence-electron chi connectivity index (χ0n) is 14.0. The highest BCUT2D eigenvalue weighted by atomic mass is 35.5. The van der Waals surface area contributed by atoms with Crippen molar-refractivity contribution in [2.75, 3.05) is 25.1 Å². The molecule has 0 radical (unpaired) electrons. The van der Waals surface area contributed by atoms with E-state index in [2.05, 4.69) is 0 Å². The number of carbonyl (C=O) groups excluding carboxylic acids is 1. The molecule has 9 heteroatoms. The van der Waals surface area contributed by atoms with Crippen LogP contribution in [0.2, 0.25) is 5.02 Å². The zero-order valence-corrected chi connectivity index (χ0v) is 15.6. The summed E-state index contributed by atoms with van der Waals surface area (Å²) in [7, 11) is -1.50. The summed E-state index contributed by atoms with van der Waals surface area (Å²) in [4.78, 5) is 11.8. The lowest BCUT2D eigenvalue weighted by Gasteiger charge is -2.34. The molecule has 26 heavy (non-hydrogen) atoms. The average molecular weight is 398 g/mol. The normalized spacial score (nSPS) is 16.4. The van der Waals surface area contributed by atoms with Gasteiger partial charge in [0.1, 0.15) is 16.4 Å². The number of para-hydroxylation sites is 2. The first-order valence-electron chi connectivity index (χ1n) is 7.58. The first kappa shape index (κ1) is 18.3. The van der Waals surface area contributed by atoms with Crippen molar-refractivity contribution in [3.8, 4) is 11.5 Å². The van der Waals surface area contributed by atoms with Crippen LogP contribution in [0, 0.1) is 0 Å². The Morgan fingerprint density at radius 2 is 1.96 bits per heavy atom. The van der Waals surface area contributed by atoms with Gasteiger partial charge in [-0.05, 0) is 30.3 Å². The van der Waals surface area contributed by atoms with E-state index in [9.17, 15) is 13.2 Å². The Morgan fingerprint density at radius 1 is 1.23 bits per heavy atom. The highest BCUT2D eigenvalue weighted by Crippen LogP contribution is 2.39. The van der Waals surface area contributed by atoms with Crippen molar-refractivity contribution < 1.29 is 27.4 Å². The molecule has 7 nitrogen and oxygen atoms in total. The molecule has 1 aliphatic rings. The molecule has 2 aromatic rings. The molecule has 2 aromatic carbocycles. The lowest BCUT2D eigenvalue weighted by atomic mass is 10.2. The number of ether oxygens (including phenoxy) is 3. The molecule has 138 valence electrons.